The van der Waals surface area contributed by atoms with Crippen molar-refractivity contribution in [2.45, 2.75) is 76.5 Å². The standard InChI is InChI=1S/C27H37N5O9/c1-14(2)11-21(32-24(37)17(28)12-15-13-29-18-6-4-3-5-16(15)18)26(39)30-19(7-9-22(33)34)25(38)31-20(27(40)41)8-10-23(35)36/h3-6,13-14,17,19-21,29H,7-12,28H2,1-2H3,(H,30,39)(H,31,38)(H,32,37)(H,33,34)(H,35,36)(H,40,41). The second-order valence-corrected chi connectivity index (χ2v) is 10.2. The summed E-state index contributed by atoms with van der Waals surface area (Å²) in [5.74, 6) is -6.48. The van der Waals surface area contributed by atoms with Crippen molar-refractivity contribution < 1.29 is 44.1 Å². The van der Waals surface area contributed by atoms with Crippen LogP contribution < -0.4 is 21.7 Å². The molecule has 224 valence electrons. The minimum absolute atomic E-state index is 0.0744. The summed E-state index contributed by atoms with van der Waals surface area (Å²) in [4.78, 5) is 75.7. The number of carbonyl (C=O) groups excluding carboxylic acids is 3. The van der Waals surface area contributed by atoms with E-state index in [4.69, 9.17) is 15.9 Å². The Morgan fingerprint density at radius 2 is 1.34 bits per heavy atom. The van der Waals surface area contributed by atoms with Gasteiger partial charge in [0.15, 0.2) is 0 Å². The Labute approximate surface area is 236 Å². The van der Waals surface area contributed by atoms with Crippen LogP contribution in [-0.2, 0) is 35.2 Å². The number of rotatable bonds is 17. The summed E-state index contributed by atoms with van der Waals surface area (Å²) in [5, 5.41) is 35.4. The molecule has 4 unspecified atom stereocenters. The maximum atomic E-state index is 13.2. The van der Waals surface area contributed by atoms with E-state index < -0.39 is 79.1 Å². The minimum atomic E-state index is -1.57. The van der Waals surface area contributed by atoms with Gasteiger partial charge in [0.05, 0.1) is 6.04 Å². The van der Waals surface area contributed by atoms with Crippen molar-refractivity contribution in [3.63, 3.8) is 0 Å². The molecule has 0 fully saturated rings. The van der Waals surface area contributed by atoms with Crippen molar-refractivity contribution in [2.24, 2.45) is 11.7 Å². The summed E-state index contributed by atoms with van der Waals surface area (Å²) in [5.41, 5.74) is 7.85. The Morgan fingerprint density at radius 1 is 0.805 bits per heavy atom. The van der Waals surface area contributed by atoms with Gasteiger partial charge in [0, 0.05) is 29.9 Å². The third-order valence-corrected chi connectivity index (χ3v) is 6.33. The number of nitrogens with two attached hydrogens (primary N) is 1. The van der Waals surface area contributed by atoms with Crippen LogP contribution in [0.4, 0.5) is 0 Å². The number of amides is 3. The number of nitrogens with one attached hydrogen (secondary N) is 4. The summed E-state index contributed by atoms with van der Waals surface area (Å²) in [6, 6.07) is 2.33. The first-order valence-electron chi connectivity index (χ1n) is 13.2. The fourth-order valence-electron chi connectivity index (χ4n) is 4.22. The van der Waals surface area contributed by atoms with Crippen molar-refractivity contribution in [2.75, 3.05) is 0 Å². The van der Waals surface area contributed by atoms with Crippen LogP contribution in [0.15, 0.2) is 30.5 Å². The Morgan fingerprint density at radius 3 is 1.93 bits per heavy atom. The van der Waals surface area contributed by atoms with Gasteiger partial charge in [0.1, 0.15) is 18.1 Å². The number of H-pyrrole nitrogens is 1. The molecule has 1 heterocycles. The monoisotopic (exact) mass is 575 g/mol. The molecule has 14 heteroatoms. The van der Waals surface area contributed by atoms with Gasteiger partial charge in [0.2, 0.25) is 17.7 Å². The van der Waals surface area contributed by atoms with E-state index in [1.165, 1.54) is 0 Å². The van der Waals surface area contributed by atoms with E-state index in [1.807, 2.05) is 38.1 Å². The van der Waals surface area contributed by atoms with E-state index in [0.29, 0.717) is 0 Å². The van der Waals surface area contributed by atoms with E-state index in [0.717, 1.165) is 16.5 Å². The zero-order valence-electron chi connectivity index (χ0n) is 22.9. The Hall–Kier alpha value is -4.46. The summed E-state index contributed by atoms with van der Waals surface area (Å²) in [6.45, 7) is 3.62. The van der Waals surface area contributed by atoms with Gasteiger partial charge >= 0.3 is 17.9 Å². The lowest BCUT2D eigenvalue weighted by molar-refractivity contribution is -0.144. The minimum Gasteiger partial charge on any atom is -0.481 e. The number of hydrogen-bond acceptors (Lipinski definition) is 7. The highest BCUT2D eigenvalue weighted by Gasteiger charge is 2.31. The van der Waals surface area contributed by atoms with Crippen molar-refractivity contribution in [1.29, 1.82) is 0 Å². The van der Waals surface area contributed by atoms with Gasteiger partial charge < -0.3 is 42.0 Å². The Balaban J connectivity index is 2.14. The van der Waals surface area contributed by atoms with E-state index >= 15 is 0 Å². The molecule has 3 amide bonds. The lowest BCUT2D eigenvalue weighted by Gasteiger charge is -2.26. The first-order chi connectivity index (χ1) is 19.3. The number of hydrogen-bond donors (Lipinski definition) is 8. The Bertz CT molecular complexity index is 1260. The van der Waals surface area contributed by atoms with Crippen LogP contribution in [0.1, 0.15) is 51.5 Å². The number of para-hydroxylation sites is 1. The average Bonchev–Trinajstić information content (AvgIpc) is 3.30. The van der Waals surface area contributed by atoms with Crippen LogP contribution >= 0.6 is 0 Å². The van der Waals surface area contributed by atoms with E-state index in [1.54, 1.807) is 6.20 Å². The van der Waals surface area contributed by atoms with E-state index in [9.17, 15) is 33.9 Å². The molecule has 0 saturated heterocycles. The number of aromatic nitrogens is 1. The van der Waals surface area contributed by atoms with Gasteiger partial charge in [-0.05, 0) is 43.2 Å². The molecule has 41 heavy (non-hydrogen) atoms. The van der Waals surface area contributed by atoms with Crippen LogP contribution in [0.5, 0.6) is 0 Å². The molecule has 0 aliphatic carbocycles. The lowest BCUT2D eigenvalue weighted by Crippen LogP contribution is -2.57. The molecule has 4 atom stereocenters. The van der Waals surface area contributed by atoms with Crippen LogP contribution in [0.2, 0.25) is 0 Å². The van der Waals surface area contributed by atoms with Gasteiger partial charge in [-0.2, -0.15) is 0 Å². The van der Waals surface area contributed by atoms with Crippen molar-refractivity contribution in [3.05, 3.63) is 36.0 Å². The molecular formula is C27H37N5O9. The van der Waals surface area contributed by atoms with Crippen LogP contribution in [0, 0.1) is 5.92 Å². The number of fused-ring (bicyclic) bond motifs is 1. The molecule has 2 rings (SSSR count). The second-order valence-electron chi connectivity index (χ2n) is 10.2. The molecule has 0 bridgehead atoms. The highest BCUT2D eigenvalue weighted by Crippen LogP contribution is 2.19. The van der Waals surface area contributed by atoms with Crippen LogP contribution in [-0.4, -0.2) is 80.1 Å². The topological polar surface area (TPSA) is 241 Å². The molecule has 0 aliphatic heterocycles. The van der Waals surface area contributed by atoms with Gasteiger partial charge in [-0.1, -0.05) is 32.0 Å². The average molecular weight is 576 g/mol. The molecule has 1 aromatic heterocycles. The van der Waals surface area contributed by atoms with Gasteiger partial charge in [-0.3, -0.25) is 24.0 Å². The zero-order chi connectivity index (χ0) is 30.7. The number of benzene rings is 1. The molecule has 0 aliphatic rings. The van der Waals surface area contributed by atoms with Crippen molar-refractivity contribution in [3.8, 4) is 0 Å². The molecular weight excluding hydrogens is 538 g/mol. The quantitative estimate of drug-likeness (QED) is 0.129. The highest BCUT2D eigenvalue weighted by molar-refractivity contribution is 5.94. The molecule has 0 radical (unpaired) electrons. The first kappa shape index (κ1) is 32.8. The number of aromatic amines is 1. The molecule has 2 aromatic rings. The first-order valence-corrected chi connectivity index (χ1v) is 13.2. The summed E-state index contributed by atoms with van der Waals surface area (Å²) in [7, 11) is 0. The van der Waals surface area contributed by atoms with Gasteiger partial charge in [-0.15, -0.1) is 0 Å². The van der Waals surface area contributed by atoms with Crippen LogP contribution in [0.3, 0.4) is 0 Å². The van der Waals surface area contributed by atoms with Gasteiger partial charge in [-0.25, -0.2) is 4.79 Å². The smallest absolute Gasteiger partial charge is 0.326 e. The molecule has 9 N–H and O–H groups in total. The molecule has 0 spiro atoms. The molecule has 1 aromatic carbocycles. The fraction of sp³-hybridized carbons (Fsp3) is 0.481. The maximum Gasteiger partial charge on any atom is 0.326 e. The normalized spacial score (nSPS) is 14.0. The fourth-order valence-corrected chi connectivity index (χ4v) is 4.22. The van der Waals surface area contributed by atoms with Gasteiger partial charge in [0.25, 0.3) is 0 Å². The predicted molar refractivity (Wildman–Crippen MR) is 147 cm³/mol. The molecule has 0 saturated carbocycles. The largest absolute Gasteiger partial charge is 0.481 e. The summed E-state index contributed by atoms with van der Waals surface area (Å²) >= 11 is 0. The predicted octanol–water partition coefficient (Wildman–Crippen LogP) is 0.352. The number of carbonyl (C=O) groups is 6. The summed E-state index contributed by atoms with van der Waals surface area (Å²) in [6.07, 6.45) is 0.246. The highest BCUT2D eigenvalue weighted by atomic mass is 16.4. The third-order valence-electron chi connectivity index (χ3n) is 6.33. The SMILES string of the molecule is CC(C)CC(NC(=O)C(N)Cc1c[nH]c2ccccc12)C(=O)NC(CCC(=O)O)C(=O)NC(CCC(=O)O)C(=O)O. The van der Waals surface area contributed by atoms with E-state index in [2.05, 4.69) is 20.9 Å². The van der Waals surface area contributed by atoms with E-state index in [-0.39, 0.29) is 25.2 Å². The Kier molecular flexibility index (Phi) is 12.3. The second kappa shape index (κ2) is 15.4. The number of carboxylic acid groups (broad SMARTS) is 3. The van der Waals surface area contributed by atoms with Crippen molar-refractivity contribution >= 4 is 46.5 Å². The maximum absolute atomic E-state index is 13.2. The molecule has 14 nitrogen and oxygen atoms in total. The number of carboxylic acids is 3. The third kappa shape index (κ3) is 10.6. The van der Waals surface area contributed by atoms with Crippen molar-refractivity contribution in [1.82, 2.24) is 20.9 Å². The number of aliphatic carboxylic acids is 3. The van der Waals surface area contributed by atoms with Crippen LogP contribution in [0.25, 0.3) is 10.9 Å². The lowest BCUT2D eigenvalue weighted by atomic mass is 10.0. The zero-order valence-corrected chi connectivity index (χ0v) is 22.9. The summed E-state index contributed by atoms with van der Waals surface area (Å²) < 4.78 is 0.